The third kappa shape index (κ3) is 5.72. The highest BCUT2D eigenvalue weighted by Crippen LogP contribution is 2.24. The van der Waals surface area contributed by atoms with Gasteiger partial charge in [-0.2, -0.15) is 0 Å². The number of esters is 1. The van der Waals surface area contributed by atoms with Crippen molar-refractivity contribution in [3.8, 4) is 0 Å². The lowest BCUT2D eigenvalue weighted by atomic mass is 10.0. The van der Waals surface area contributed by atoms with Crippen LogP contribution in [0.1, 0.15) is 59.5 Å². The normalized spacial score (nSPS) is 17.9. The Morgan fingerprint density at radius 2 is 2.25 bits per heavy atom. The minimum absolute atomic E-state index is 0. The van der Waals surface area contributed by atoms with Crippen LogP contribution in [0, 0.1) is 12.8 Å². The van der Waals surface area contributed by atoms with Crippen molar-refractivity contribution in [2.75, 3.05) is 19.7 Å². The van der Waals surface area contributed by atoms with E-state index in [1.807, 2.05) is 6.92 Å². The summed E-state index contributed by atoms with van der Waals surface area (Å²) in [5.41, 5.74) is 0.654. The number of amides is 1. The third-order valence-corrected chi connectivity index (χ3v) is 5.28. The predicted octanol–water partition coefficient (Wildman–Crippen LogP) is 2.62. The number of aryl methyl sites for hydroxylation is 1. The van der Waals surface area contributed by atoms with Crippen LogP contribution >= 0.6 is 23.7 Å². The number of carbonyl (C=O) groups is 2. The summed E-state index contributed by atoms with van der Waals surface area (Å²) in [4.78, 5) is 28.8. The number of thiazole rings is 1. The van der Waals surface area contributed by atoms with Gasteiger partial charge in [0.15, 0.2) is 0 Å². The number of ether oxygens (including phenoxy) is 1. The van der Waals surface area contributed by atoms with Crippen LogP contribution in [0.5, 0.6) is 0 Å². The number of nitrogens with zero attached hydrogens (tertiary/aromatic N) is 1. The molecule has 6 nitrogen and oxygen atoms in total. The van der Waals surface area contributed by atoms with Crippen molar-refractivity contribution in [3.63, 3.8) is 0 Å². The van der Waals surface area contributed by atoms with E-state index in [0.29, 0.717) is 29.5 Å². The Bertz CT molecular complexity index is 559. The average molecular weight is 376 g/mol. The molecule has 1 amide bonds. The number of hydrogen-bond acceptors (Lipinski definition) is 6. The fourth-order valence-electron chi connectivity index (χ4n) is 2.66. The summed E-state index contributed by atoms with van der Waals surface area (Å²) >= 11 is 1.29. The molecule has 2 heterocycles. The molecule has 1 aliphatic rings. The number of halogens is 1. The summed E-state index contributed by atoms with van der Waals surface area (Å²) in [6.07, 6.45) is 2.60. The van der Waals surface area contributed by atoms with Gasteiger partial charge in [-0.3, -0.25) is 4.79 Å². The summed E-state index contributed by atoms with van der Waals surface area (Å²) in [5, 5.41) is 7.01. The van der Waals surface area contributed by atoms with Crippen LogP contribution in [0.3, 0.4) is 0 Å². The van der Waals surface area contributed by atoms with E-state index in [2.05, 4.69) is 15.6 Å². The van der Waals surface area contributed by atoms with Gasteiger partial charge in [0.05, 0.1) is 18.3 Å². The van der Waals surface area contributed by atoms with Crippen molar-refractivity contribution < 1.29 is 14.3 Å². The SMILES string of the molecule is CCOC(=O)c1sc(C(C)NC(=O)CCC2CCNC2)nc1C.Cl. The molecule has 2 unspecified atom stereocenters. The van der Waals surface area contributed by atoms with Crippen molar-refractivity contribution in [2.45, 2.75) is 46.1 Å². The maximum Gasteiger partial charge on any atom is 0.350 e. The van der Waals surface area contributed by atoms with Gasteiger partial charge < -0.3 is 15.4 Å². The first-order valence-electron chi connectivity index (χ1n) is 8.15. The molecule has 8 heteroatoms. The molecule has 0 radical (unpaired) electrons. The second kappa shape index (κ2) is 9.96. The summed E-state index contributed by atoms with van der Waals surface area (Å²) in [7, 11) is 0. The van der Waals surface area contributed by atoms with Gasteiger partial charge in [-0.1, -0.05) is 0 Å². The number of rotatable bonds is 7. The highest BCUT2D eigenvalue weighted by Gasteiger charge is 2.21. The Kier molecular flexibility index (Phi) is 8.66. The molecule has 2 atom stereocenters. The van der Waals surface area contributed by atoms with Crippen molar-refractivity contribution >= 4 is 35.6 Å². The second-order valence-electron chi connectivity index (χ2n) is 5.87. The van der Waals surface area contributed by atoms with Crippen LogP contribution < -0.4 is 10.6 Å². The van der Waals surface area contributed by atoms with Crippen LogP contribution in [-0.2, 0) is 9.53 Å². The smallest absolute Gasteiger partial charge is 0.350 e. The van der Waals surface area contributed by atoms with Crippen molar-refractivity contribution in [2.24, 2.45) is 5.92 Å². The van der Waals surface area contributed by atoms with Gasteiger partial charge in [0.1, 0.15) is 9.88 Å². The van der Waals surface area contributed by atoms with E-state index in [-0.39, 0.29) is 30.3 Å². The summed E-state index contributed by atoms with van der Waals surface area (Å²) in [6.45, 7) is 7.86. The lowest BCUT2D eigenvalue weighted by Gasteiger charge is -2.12. The molecule has 2 rings (SSSR count). The Hall–Kier alpha value is -1.18. The van der Waals surface area contributed by atoms with Crippen molar-refractivity contribution in [3.05, 3.63) is 15.6 Å². The third-order valence-electron chi connectivity index (χ3n) is 3.96. The molecule has 0 bridgehead atoms. The lowest BCUT2D eigenvalue weighted by molar-refractivity contribution is -0.122. The second-order valence-corrected chi connectivity index (χ2v) is 6.90. The van der Waals surface area contributed by atoms with E-state index >= 15 is 0 Å². The highest BCUT2D eigenvalue weighted by atomic mass is 35.5. The van der Waals surface area contributed by atoms with E-state index in [4.69, 9.17) is 4.74 Å². The molecule has 1 aromatic rings. The maximum atomic E-state index is 12.1. The quantitative estimate of drug-likeness (QED) is 0.716. The molecule has 1 saturated heterocycles. The molecule has 0 aromatic carbocycles. The summed E-state index contributed by atoms with van der Waals surface area (Å²) < 4.78 is 5.02. The maximum absolute atomic E-state index is 12.1. The van der Waals surface area contributed by atoms with E-state index < -0.39 is 0 Å². The molecule has 0 spiro atoms. The Balaban J connectivity index is 0.00000288. The van der Waals surface area contributed by atoms with E-state index in [9.17, 15) is 9.59 Å². The summed E-state index contributed by atoms with van der Waals surface area (Å²) in [6, 6.07) is -0.198. The fraction of sp³-hybridized carbons (Fsp3) is 0.688. The van der Waals surface area contributed by atoms with Gasteiger partial charge >= 0.3 is 5.97 Å². The minimum atomic E-state index is -0.346. The van der Waals surface area contributed by atoms with Crippen LogP contribution in [0.4, 0.5) is 0 Å². The number of aromatic nitrogens is 1. The average Bonchev–Trinajstić information content (AvgIpc) is 3.14. The van der Waals surface area contributed by atoms with Gasteiger partial charge in [0.2, 0.25) is 5.91 Å². The van der Waals surface area contributed by atoms with Gasteiger partial charge in [-0.15, -0.1) is 23.7 Å². The fourth-order valence-corrected chi connectivity index (χ4v) is 3.62. The molecular formula is C16H26ClN3O3S. The molecular weight excluding hydrogens is 350 g/mol. The Morgan fingerprint density at radius 1 is 1.50 bits per heavy atom. The van der Waals surface area contributed by atoms with Gasteiger partial charge in [-0.05, 0) is 52.6 Å². The van der Waals surface area contributed by atoms with Crippen LogP contribution in [0.25, 0.3) is 0 Å². The summed E-state index contributed by atoms with van der Waals surface area (Å²) in [5.74, 6) is 0.296. The van der Waals surface area contributed by atoms with E-state index in [1.54, 1.807) is 13.8 Å². The molecule has 24 heavy (non-hydrogen) atoms. The zero-order valence-corrected chi connectivity index (χ0v) is 16.0. The number of hydrogen-bond donors (Lipinski definition) is 2. The first-order chi connectivity index (χ1) is 11.0. The molecule has 1 fully saturated rings. The Morgan fingerprint density at radius 3 is 2.88 bits per heavy atom. The molecule has 0 aliphatic carbocycles. The zero-order chi connectivity index (χ0) is 16.8. The van der Waals surface area contributed by atoms with E-state index in [0.717, 1.165) is 30.9 Å². The number of nitrogens with one attached hydrogen (secondary N) is 2. The highest BCUT2D eigenvalue weighted by molar-refractivity contribution is 7.13. The van der Waals surface area contributed by atoms with Crippen LogP contribution in [0.2, 0.25) is 0 Å². The molecule has 2 N–H and O–H groups in total. The molecule has 1 aromatic heterocycles. The first-order valence-corrected chi connectivity index (χ1v) is 8.97. The van der Waals surface area contributed by atoms with Gasteiger partial charge in [0.25, 0.3) is 0 Å². The zero-order valence-electron chi connectivity index (χ0n) is 14.4. The topological polar surface area (TPSA) is 80.3 Å². The van der Waals surface area contributed by atoms with Gasteiger partial charge in [0, 0.05) is 6.42 Å². The molecule has 0 saturated carbocycles. The minimum Gasteiger partial charge on any atom is -0.462 e. The lowest BCUT2D eigenvalue weighted by Crippen LogP contribution is -2.27. The molecule has 136 valence electrons. The predicted molar refractivity (Wildman–Crippen MR) is 96.8 cm³/mol. The van der Waals surface area contributed by atoms with Crippen LogP contribution in [0.15, 0.2) is 0 Å². The van der Waals surface area contributed by atoms with Crippen molar-refractivity contribution in [1.82, 2.24) is 15.6 Å². The monoisotopic (exact) mass is 375 g/mol. The molecule has 1 aliphatic heterocycles. The van der Waals surface area contributed by atoms with Crippen molar-refractivity contribution in [1.29, 1.82) is 0 Å². The first kappa shape index (κ1) is 20.9. The number of carbonyl (C=O) groups excluding carboxylic acids is 2. The van der Waals surface area contributed by atoms with Gasteiger partial charge in [-0.25, -0.2) is 9.78 Å². The largest absolute Gasteiger partial charge is 0.462 e. The van der Waals surface area contributed by atoms with E-state index in [1.165, 1.54) is 11.3 Å². The van der Waals surface area contributed by atoms with Crippen LogP contribution in [-0.4, -0.2) is 36.6 Å². The standard InChI is InChI=1S/C16H25N3O3S.ClH/c1-4-22-16(21)14-10(2)19-15(23-14)11(3)18-13(20)6-5-12-7-8-17-9-12;/h11-12,17H,4-9H2,1-3H3,(H,18,20);1H. The Labute approximate surface area is 153 Å².